The molecule has 5 aliphatic rings. The van der Waals surface area contributed by atoms with E-state index < -0.39 is 23.9 Å². The van der Waals surface area contributed by atoms with E-state index in [1.54, 1.807) is 17.1 Å². The van der Waals surface area contributed by atoms with Gasteiger partial charge in [0.1, 0.15) is 23.7 Å². The smallest absolute Gasteiger partial charge is 0.284 e. The third kappa shape index (κ3) is 8.10. The zero-order valence-corrected chi connectivity index (χ0v) is 35.6. The number of ether oxygens (including phenoxy) is 2. The molecule has 65 heavy (non-hydrogen) atoms. The van der Waals surface area contributed by atoms with E-state index in [4.69, 9.17) is 19.0 Å². The van der Waals surface area contributed by atoms with Gasteiger partial charge in [0.25, 0.3) is 12.3 Å². The Hall–Kier alpha value is -6.29. The van der Waals surface area contributed by atoms with Crippen molar-refractivity contribution in [1.82, 2.24) is 39.8 Å². The van der Waals surface area contributed by atoms with Crippen molar-refractivity contribution in [1.29, 1.82) is 0 Å². The van der Waals surface area contributed by atoms with Crippen molar-refractivity contribution in [2.75, 3.05) is 49.6 Å². The summed E-state index contributed by atoms with van der Waals surface area (Å²) in [7, 11) is 0. The highest BCUT2D eigenvalue weighted by Gasteiger charge is 2.40. The molecule has 0 spiro atoms. The number of hydrogen-bond donors (Lipinski definition) is 2. The summed E-state index contributed by atoms with van der Waals surface area (Å²) in [5.41, 5.74) is 2.06. The second-order valence-electron chi connectivity index (χ2n) is 18.0. The molecule has 3 amide bonds. The number of imide groups is 1. The van der Waals surface area contributed by atoms with Crippen LogP contribution in [0.2, 0.25) is 0 Å². The van der Waals surface area contributed by atoms with Crippen molar-refractivity contribution in [3.05, 3.63) is 77.5 Å². The monoisotopic (exact) mass is 886 g/mol. The minimum absolute atomic E-state index is 0.00257. The molecule has 18 heteroatoms. The van der Waals surface area contributed by atoms with E-state index in [2.05, 4.69) is 47.6 Å². The molecule has 4 saturated heterocycles. The lowest BCUT2D eigenvalue weighted by Gasteiger charge is -2.36. The number of rotatable bonds is 10. The van der Waals surface area contributed by atoms with Crippen LogP contribution in [0, 0.1) is 17.8 Å². The van der Waals surface area contributed by atoms with Crippen LogP contribution >= 0.6 is 0 Å². The van der Waals surface area contributed by atoms with Gasteiger partial charge in [0.05, 0.1) is 54.1 Å². The Bertz CT molecular complexity index is 2870. The molecule has 4 aliphatic heterocycles. The highest BCUT2D eigenvalue weighted by atomic mass is 19.3. The molecule has 2 bridgehead atoms. The van der Waals surface area contributed by atoms with Crippen LogP contribution in [0.25, 0.3) is 27.4 Å². The first-order chi connectivity index (χ1) is 31.7. The van der Waals surface area contributed by atoms with E-state index in [9.17, 15) is 23.2 Å². The molecule has 2 N–H and O–H groups in total. The van der Waals surface area contributed by atoms with Crippen LogP contribution in [-0.4, -0.2) is 110 Å². The number of benzene rings is 2. The van der Waals surface area contributed by atoms with Crippen LogP contribution in [0.1, 0.15) is 103 Å². The molecule has 1 saturated carbocycles. The Balaban J connectivity index is 0.658. The highest BCUT2D eigenvalue weighted by Crippen LogP contribution is 2.38. The molecule has 6 aromatic rings. The van der Waals surface area contributed by atoms with Crippen molar-refractivity contribution >= 4 is 56.6 Å². The van der Waals surface area contributed by atoms with Crippen LogP contribution in [-0.2, 0) is 19.1 Å². The molecule has 0 radical (unpaired) electrons. The molecular formula is C47H48F2N10O6. The number of alkyl halides is 2. The van der Waals surface area contributed by atoms with E-state index in [0.29, 0.717) is 42.5 Å². The zero-order chi connectivity index (χ0) is 44.2. The Morgan fingerprint density at radius 2 is 1.88 bits per heavy atom. The van der Waals surface area contributed by atoms with Gasteiger partial charge in [-0.25, -0.2) is 18.3 Å². The normalized spacial score (nSPS) is 24.0. The van der Waals surface area contributed by atoms with Gasteiger partial charge in [-0.2, -0.15) is 10.2 Å². The number of aromatic nitrogens is 6. The number of anilines is 2. The maximum atomic E-state index is 14.3. The number of carbonyl (C=O) groups is 3. The van der Waals surface area contributed by atoms with E-state index in [1.165, 1.54) is 10.7 Å². The Morgan fingerprint density at radius 1 is 1.02 bits per heavy atom. The predicted octanol–water partition coefficient (Wildman–Crippen LogP) is 6.17. The largest absolute Gasteiger partial charge is 0.374 e. The molecule has 16 nitrogen and oxygen atoms in total. The molecule has 3 atom stereocenters. The number of carbonyl (C=O) groups excluding carboxylic acids is 3. The molecule has 0 unspecified atom stereocenters. The number of hydrogen-bond acceptors (Lipinski definition) is 12. The standard InChI is InChI=1S/C47H48F2N10O6/c48-44(49)43-37(51-47(62)36-22-50-58-19-16-39(52-45(36)58)57-24-32-21-30(57)26-64-32)25-59(54-43)29-8-6-27(7-9-29)23-56-17-14-31(15-18-56)63-20-2-4-28-3-1-5-34-33(28)10-12-38-41(34)42(55-65-38)35-11-13-40(60)53-46(35)61/h1,3,5,10,12,16,19,22,25,27,29-32,35,44H,6-9,11,13-15,17-18,20-21,23-24,26H2,(H,51,62)(H,53,60,61)/t27?,29?,30-,32-,35-/m1/s1. The maximum Gasteiger partial charge on any atom is 0.284 e. The summed E-state index contributed by atoms with van der Waals surface area (Å²) in [6.45, 7) is 4.54. The van der Waals surface area contributed by atoms with Crippen LogP contribution < -0.4 is 15.5 Å². The summed E-state index contributed by atoms with van der Waals surface area (Å²) >= 11 is 0. The molecule has 2 aromatic carbocycles. The van der Waals surface area contributed by atoms with Gasteiger partial charge in [-0.1, -0.05) is 29.1 Å². The summed E-state index contributed by atoms with van der Waals surface area (Å²) in [5, 5.41) is 20.5. The number of nitrogens with zero attached hydrogens (tertiary/aromatic N) is 8. The fourth-order valence-electron chi connectivity index (χ4n) is 10.5. The lowest BCUT2D eigenvalue weighted by molar-refractivity contribution is -0.134. The third-order valence-corrected chi connectivity index (χ3v) is 14.0. The van der Waals surface area contributed by atoms with Crippen LogP contribution in [0.4, 0.5) is 20.3 Å². The number of nitrogens with one attached hydrogen (secondary N) is 2. The van der Waals surface area contributed by atoms with Gasteiger partial charge in [0, 0.05) is 50.6 Å². The van der Waals surface area contributed by atoms with E-state index in [0.717, 1.165) is 98.7 Å². The first kappa shape index (κ1) is 41.4. The molecule has 8 heterocycles. The van der Waals surface area contributed by atoms with Crippen molar-refractivity contribution in [3.63, 3.8) is 0 Å². The molecule has 336 valence electrons. The van der Waals surface area contributed by atoms with E-state index in [-0.39, 0.29) is 53.8 Å². The van der Waals surface area contributed by atoms with Crippen LogP contribution in [0.15, 0.2) is 59.5 Å². The second kappa shape index (κ2) is 17.3. The van der Waals surface area contributed by atoms with Crippen molar-refractivity contribution < 1.29 is 37.2 Å². The van der Waals surface area contributed by atoms with Crippen molar-refractivity contribution in [3.8, 4) is 11.8 Å². The highest BCUT2D eigenvalue weighted by molar-refractivity contribution is 6.11. The molecule has 5 fully saturated rings. The summed E-state index contributed by atoms with van der Waals surface area (Å²) in [6, 6.07) is 11.7. The second-order valence-corrected chi connectivity index (χ2v) is 18.0. The van der Waals surface area contributed by atoms with Gasteiger partial charge < -0.3 is 29.1 Å². The lowest BCUT2D eigenvalue weighted by atomic mass is 9.85. The van der Waals surface area contributed by atoms with E-state index in [1.807, 2.05) is 36.4 Å². The van der Waals surface area contributed by atoms with E-state index >= 15 is 0 Å². The average molecular weight is 887 g/mol. The average Bonchev–Trinajstić information content (AvgIpc) is 4.18. The molecule has 1 aliphatic carbocycles. The van der Waals surface area contributed by atoms with Gasteiger partial charge in [0.15, 0.2) is 16.9 Å². The van der Waals surface area contributed by atoms with Gasteiger partial charge in [-0.3, -0.25) is 24.4 Å². The molecular weight excluding hydrogens is 839 g/mol. The van der Waals surface area contributed by atoms with Crippen LogP contribution in [0.5, 0.6) is 0 Å². The Labute approximate surface area is 371 Å². The summed E-state index contributed by atoms with van der Waals surface area (Å²) < 4.78 is 49.3. The number of likely N-dealkylation sites (tertiary alicyclic amines) is 1. The van der Waals surface area contributed by atoms with Gasteiger partial charge >= 0.3 is 0 Å². The van der Waals surface area contributed by atoms with Crippen LogP contribution in [0.3, 0.4) is 0 Å². The topological polar surface area (TPSA) is 174 Å². The number of morpholine rings is 1. The Morgan fingerprint density at radius 3 is 2.66 bits per heavy atom. The molecule has 4 aromatic heterocycles. The first-order valence-electron chi connectivity index (χ1n) is 22.6. The fraction of sp³-hybridized carbons (Fsp3) is 0.468. The fourth-order valence-corrected chi connectivity index (χ4v) is 10.5. The van der Waals surface area contributed by atoms with Gasteiger partial charge in [0.2, 0.25) is 11.8 Å². The van der Waals surface area contributed by atoms with Gasteiger partial charge in [-0.05, 0) is 92.3 Å². The maximum absolute atomic E-state index is 14.3. The lowest BCUT2D eigenvalue weighted by Crippen LogP contribution is -2.40. The summed E-state index contributed by atoms with van der Waals surface area (Å²) in [6.07, 6.45) is 9.12. The first-order valence-corrected chi connectivity index (χ1v) is 22.6. The number of halogens is 2. The predicted molar refractivity (Wildman–Crippen MR) is 234 cm³/mol. The quantitative estimate of drug-likeness (QED) is 0.119. The SMILES string of the molecule is O=C1CC[C@H](c2noc3ccc4c(C#CCOC5CCN(CC6CCC(n7cc(NC(=O)c8cnn9ccc(N%10C[C@H]%11C[C@@H]%10CO%11)nc89)c(C(F)F)n7)CC6)CC5)cccc4c23)C(=O)N1. The summed E-state index contributed by atoms with van der Waals surface area (Å²) in [4.78, 5) is 47.4. The third-order valence-electron chi connectivity index (χ3n) is 14.0. The Kier molecular flexibility index (Phi) is 11.0. The minimum atomic E-state index is -2.86. The van der Waals surface area contributed by atoms with Crippen molar-refractivity contribution in [2.24, 2.45) is 5.92 Å². The number of piperidine rings is 2. The summed E-state index contributed by atoms with van der Waals surface area (Å²) in [5.74, 6) is 5.97. The van der Waals surface area contributed by atoms with Crippen molar-refractivity contribution in [2.45, 2.75) is 94.4 Å². The number of amides is 3. The van der Waals surface area contributed by atoms with Gasteiger partial charge in [-0.15, -0.1) is 0 Å². The minimum Gasteiger partial charge on any atom is -0.374 e. The zero-order valence-electron chi connectivity index (χ0n) is 35.6. The molecule has 11 rings (SSSR count). The number of fused-ring (bicyclic) bond motifs is 6.